The molecule has 4 heteroatoms. The third kappa shape index (κ3) is 2.05. The molecule has 0 unspecified atom stereocenters. The molecular weight excluding hydrogens is 274 g/mol. The molecule has 4 nitrogen and oxygen atoms in total. The number of nitrogens with zero attached hydrogens (tertiary/aromatic N) is 1. The van der Waals surface area contributed by atoms with Crippen molar-refractivity contribution in [2.75, 3.05) is 7.11 Å². The summed E-state index contributed by atoms with van der Waals surface area (Å²) >= 11 is 0. The van der Waals surface area contributed by atoms with Crippen LogP contribution in [0.4, 0.5) is 5.69 Å². The molecule has 3 heterocycles. The highest BCUT2D eigenvalue weighted by molar-refractivity contribution is 6.21. The minimum Gasteiger partial charge on any atom is -0.494 e. The number of hydrogen-bond acceptors (Lipinski definition) is 2. The first-order chi connectivity index (χ1) is 10.8. The fraction of sp³-hybridized carbons (Fsp3) is 0.0556. The molecule has 0 fully saturated rings. The third-order valence-electron chi connectivity index (χ3n) is 3.78. The third-order valence-corrected chi connectivity index (χ3v) is 3.78. The molecule has 3 aromatic rings. The maximum absolute atomic E-state index is 5.49. The lowest BCUT2D eigenvalue weighted by molar-refractivity contribution is 0.414. The highest BCUT2D eigenvalue weighted by atomic mass is 16.5. The van der Waals surface area contributed by atoms with Gasteiger partial charge in [-0.3, -0.25) is 4.99 Å². The summed E-state index contributed by atoms with van der Waals surface area (Å²) in [5.74, 6) is 0.815. The Morgan fingerprint density at radius 3 is 2.82 bits per heavy atom. The second-order valence-corrected chi connectivity index (χ2v) is 5.12. The van der Waals surface area contributed by atoms with E-state index < -0.39 is 0 Å². The second-order valence-electron chi connectivity index (χ2n) is 5.12. The Bertz CT molecular complexity index is 870. The van der Waals surface area contributed by atoms with Crippen LogP contribution in [0.3, 0.4) is 0 Å². The number of benzene rings is 1. The van der Waals surface area contributed by atoms with Gasteiger partial charge in [-0.05, 0) is 24.3 Å². The van der Waals surface area contributed by atoms with Crippen molar-refractivity contribution in [1.29, 1.82) is 0 Å². The Morgan fingerprint density at radius 1 is 1.09 bits per heavy atom. The van der Waals surface area contributed by atoms with Gasteiger partial charge in [0.05, 0.1) is 29.9 Å². The summed E-state index contributed by atoms with van der Waals surface area (Å²) in [6, 6.07) is 14.1. The van der Waals surface area contributed by atoms with Crippen LogP contribution < -0.4 is 4.74 Å². The first-order valence-electron chi connectivity index (χ1n) is 7.11. The number of nitrogens with one attached hydrogen (secondary N) is 2. The molecule has 1 aromatic carbocycles. The lowest BCUT2D eigenvalue weighted by atomic mass is 10.1. The first kappa shape index (κ1) is 12.7. The number of aromatic amines is 2. The van der Waals surface area contributed by atoms with Gasteiger partial charge in [-0.25, -0.2) is 0 Å². The summed E-state index contributed by atoms with van der Waals surface area (Å²) in [4.78, 5) is 11.0. The predicted molar refractivity (Wildman–Crippen MR) is 89.6 cm³/mol. The molecule has 0 radical (unpaired) electrons. The number of para-hydroxylation sites is 1. The van der Waals surface area contributed by atoms with Crippen molar-refractivity contribution < 1.29 is 4.74 Å². The fourth-order valence-corrected chi connectivity index (χ4v) is 2.68. The molecule has 0 spiro atoms. The molecule has 108 valence electrons. The topological polar surface area (TPSA) is 53.2 Å². The second kappa shape index (κ2) is 5.07. The normalized spacial score (nSPS) is 14.5. The van der Waals surface area contributed by atoms with E-state index in [4.69, 9.17) is 4.74 Å². The summed E-state index contributed by atoms with van der Waals surface area (Å²) in [5.41, 5.74) is 6.18. The molecule has 0 atom stereocenters. The molecule has 1 aliphatic rings. The number of rotatable bonds is 3. The summed E-state index contributed by atoms with van der Waals surface area (Å²) in [6.07, 6.45) is 5.86. The maximum atomic E-state index is 5.49. The zero-order valence-electron chi connectivity index (χ0n) is 12.1. The largest absolute Gasteiger partial charge is 0.494 e. The van der Waals surface area contributed by atoms with E-state index in [1.54, 1.807) is 7.11 Å². The van der Waals surface area contributed by atoms with Crippen molar-refractivity contribution in [2.45, 2.75) is 0 Å². The molecule has 0 saturated carbocycles. The molecule has 22 heavy (non-hydrogen) atoms. The highest BCUT2D eigenvalue weighted by Gasteiger charge is 2.14. The van der Waals surface area contributed by atoms with E-state index in [-0.39, 0.29) is 0 Å². The molecule has 2 aromatic heterocycles. The van der Waals surface area contributed by atoms with Crippen molar-refractivity contribution in [3.63, 3.8) is 0 Å². The molecule has 1 aliphatic heterocycles. The Morgan fingerprint density at radius 2 is 2.00 bits per heavy atom. The lowest BCUT2D eigenvalue weighted by Gasteiger charge is -2.00. The maximum Gasteiger partial charge on any atom is 0.144 e. The van der Waals surface area contributed by atoms with Gasteiger partial charge in [0, 0.05) is 29.6 Å². The van der Waals surface area contributed by atoms with Crippen LogP contribution in [0.15, 0.2) is 53.7 Å². The number of methoxy groups -OCH3 is 1. The van der Waals surface area contributed by atoms with Crippen molar-refractivity contribution in [1.82, 2.24) is 9.97 Å². The van der Waals surface area contributed by atoms with Gasteiger partial charge in [-0.2, -0.15) is 0 Å². The zero-order valence-corrected chi connectivity index (χ0v) is 12.1. The number of H-pyrrole nitrogens is 2. The monoisotopic (exact) mass is 289 g/mol. The van der Waals surface area contributed by atoms with Crippen molar-refractivity contribution >= 4 is 23.6 Å². The number of aromatic nitrogens is 2. The van der Waals surface area contributed by atoms with Gasteiger partial charge in [0.2, 0.25) is 0 Å². The van der Waals surface area contributed by atoms with E-state index >= 15 is 0 Å². The van der Waals surface area contributed by atoms with Crippen LogP contribution in [-0.4, -0.2) is 23.3 Å². The Labute approximate surface area is 128 Å². The SMILES string of the molecule is COc1cc(-c2ccc[nH]2)[nH]c1/C=C1\C=Nc2ccccc21. The molecule has 0 amide bonds. The molecule has 0 aliphatic carbocycles. The first-order valence-corrected chi connectivity index (χ1v) is 7.11. The predicted octanol–water partition coefficient (Wildman–Crippen LogP) is 4.27. The molecular formula is C18H15N3O. The van der Waals surface area contributed by atoms with Gasteiger partial charge in [-0.1, -0.05) is 18.2 Å². The van der Waals surface area contributed by atoms with Gasteiger partial charge < -0.3 is 14.7 Å². The van der Waals surface area contributed by atoms with Crippen LogP contribution in [0.1, 0.15) is 11.3 Å². The lowest BCUT2D eigenvalue weighted by Crippen LogP contribution is -1.85. The minimum atomic E-state index is 0.815. The van der Waals surface area contributed by atoms with Crippen LogP contribution in [0, 0.1) is 0 Å². The number of fused-ring (bicyclic) bond motifs is 1. The van der Waals surface area contributed by atoms with Crippen LogP contribution in [0.2, 0.25) is 0 Å². The van der Waals surface area contributed by atoms with E-state index in [0.717, 1.165) is 39.7 Å². The van der Waals surface area contributed by atoms with Gasteiger partial charge in [0.15, 0.2) is 0 Å². The molecule has 0 saturated heterocycles. The van der Waals surface area contributed by atoms with Gasteiger partial charge in [-0.15, -0.1) is 0 Å². The fourth-order valence-electron chi connectivity index (χ4n) is 2.68. The summed E-state index contributed by atoms with van der Waals surface area (Å²) in [7, 11) is 1.68. The number of ether oxygens (including phenoxy) is 1. The van der Waals surface area contributed by atoms with Crippen molar-refractivity contribution in [2.24, 2.45) is 4.99 Å². The van der Waals surface area contributed by atoms with Crippen molar-refractivity contribution in [3.8, 4) is 17.1 Å². The average molecular weight is 289 g/mol. The van der Waals surface area contributed by atoms with Gasteiger partial charge in [0.1, 0.15) is 5.75 Å². The van der Waals surface area contributed by atoms with E-state index in [9.17, 15) is 0 Å². The van der Waals surface area contributed by atoms with E-state index in [1.165, 1.54) is 0 Å². The summed E-state index contributed by atoms with van der Waals surface area (Å²) < 4.78 is 5.49. The number of hydrogen-bond donors (Lipinski definition) is 2. The zero-order chi connectivity index (χ0) is 14.9. The Hall–Kier alpha value is -3.01. The average Bonchev–Trinajstić information content (AvgIpc) is 3.27. The quantitative estimate of drug-likeness (QED) is 0.743. The number of aliphatic imine (C=N–C) groups is 1. The molecule has 2 N–H and O–H groups in total. The van der Waals surface area contributed by atoms with E-state index in [1.807, 2.05) is 48.8 Å². The van der Waals surface area contributed by atoms with Crippen LogP contribution in [0.25, 0.3) is 23.0 Å². The standard InChI is InChI=1S/C18H15N3O/c1-22-18-10-16(15-7-4-8-19-15)21-17(18)9-12-11-20-14-6-3-2-5-13(12)14/h2-11,19,21H,1H3/b12-9+. The van der Waals surface area contributed by atoms with Crippen LogP contribution in [-0.2, 0) is 0 Å². The summed E-state index contributed by atoms with van der Waals surface area (Å²) in [5, 5.41) is 0. The van der Waals surface area contributed by atoms with Gasteiger partial charge in [0.25, 0.3) is 0 Å². The van der Waals surface area contributed by atoms with Crippen LogP contribution in [0.5, 0.6) is 5.75 Å². The molecule has 4 rings (SSSR count). The number of allylic oxidation sites excluding steroid dienone is 1. The van der Waals surface area contributed by atoms with Crippen molar-refractivity contribution in [3.05, 3.63) is 59.9 Å². The van der Waals surface area contributed by atoms with Crippen LogP contribution >= 0.6 is 0 Å². The van der Waals surface area contributed by atoms with E-state index in [2.05, 4.69) is 27.1 Å². The molecule has 0 bridgehead atoms. The highest BCUT2D eigenvalue weighted by Crippen LogP contribution is 2.34. The smallest absolute Gasteiger partial charge is 0.144 e. The van der Waals surface area contributed by atoms with E-state index in [0.29, 0.717) is 0 Å². The minimum absolute atomic E-state index is 0.815. The van der Waals surface area contributed by atoms with Gasteiger partial charge >= 0.3 is 0 Å². The summed E-state index contributed by atoms with van der Waals surface area (Å²) in [6.45, 7) is 0. The Kier molecular flexibility index (Phi) is 2.93. The Balaban J connectivity index is 1.78.